The second kappa shape index (κ2) is 5.38. The smallest absolute Gasteiger partial charge is 0.140 e. The molecule has 0 amide bonds. The van der Waals surface area contributed by atoms with Gasteiger partial charge in [-0.05, 0) is 51.1 Å². The number of methoxy groups -OCH3 is 1. The number of ether oxygens (including phenoxy) is 1. The summed E-state index contributed by atoms with van der Waals surface area (Å²) in [6.45, 7) is 5.11. The molecule has 0 radical (unpaired) electrons. The molecule has 1 aromatic rings. The minimum absolute atomic E-state index is 0.701. The van der Waals surface area contributed by atoms with Crippen molar-refractivity contribution in [2.24, 2.45) is 0 Å². The predicted molar refractivity (Wildman–Crippen MR) is 65.1 cm³/mol. The van der Waals surface area contributed by atoms with Crippen molar-refractivity contribution in [3.63, 3.8) is 0 Å². The third kappa shape index (κ3) is 2.64. The molecule has 0 fully saturated rings. The van der Waals surface area contributed by atoms with Crippen LogP contribution in [0.25, 0.3) is 0 Å². The van der Waals surface area contributed by atoms with E-state index in [9.17, 15) is 0 Å². The van der Waals surface area contributed by atoms with Crippen LogP contribution in [0.3, 0.4) is 0 Å². The van der Waals surface area contributed by atoms with E-state index in [0.29, 0.717) is 5.02 Å². The molecule has 0 spiro atoms. The van der Waals surface area contributed by atoms with Gasteiger partial charge in [-0.25, -0.2) is 0 Å². The lowest BCUT2D eigenvalue weighted by Crippen LogP contribution is -2.12. The predicted octanol–water partition coefficient (Wildman–Crippen LogP) is 2.73. The Hall–Kier alpha value is -0.730. The molecule has 0 bridgehead atoms. The first kappa shape index (κ1) is 12.3. The van der Waals surface area contributed by atoms with Crippen LogP contribution in [0.1, 0.15) is 16.7 Å². The Morgan fingerprint density at radius 1 is 1.40 bits per heavy atom. The molecule has 0 aliphatic heterocycles. The Morgan fingerprint density at radius 3 is 2.60 bits per heavy atom. The highest BCUT2D eigenvalue weighted by Gasteiger charge is 2.12. The van der Waals surface area contributed by atoms with E-state index in [1.807, 2.05) is 13.1 Å². The largest absolute Gasteiger partial charge is 0.495 e. The van der Waals surface area contributed by atoms with Crippen LogP contribution in [-0.4, -0.2) is 20.7 Å². The number of nitrogens with one attached hydrogen (secondary N) is 1. The van der Waals surface area contributed by atoms with Gasteiger partial charge in [-0.3, -0.25) is 0 Å². The number of likely N-dealkylation sites (N-methyl/N-ethyl adjacent to an activating group) is 1. The number of rotatable bonds is 4. The molecule has 0 aliphatic carbocycles. The second-order valence-corrected chi connectivity index (χ2v) is 4.07. The number of benzene rings is 1. The maximum atomic E-state index is 6.14. The first-order chi connectivity index (χ1) is 7.11. The van der Waals surface area contributed by atoms with Crippen molar-refractivity contribution < 1.29 is 4.74 Å². The SMILES string of the molecule is CNCCc1c(C)c(C)cc(Cl)c1OC. The topological polar surface area (TPSA) is 21.3 Å². The van der Waals surface area contributed by atoms with Gasteiger partial charge >= 0.3 is 0 Å². The van der Waals surface area contributed by atoms with Crippen molar-refractivity contribution in [1.82, 2.24) is 5.32 Å². The van der Waals surface area contributed by atoms with Gasteiger partial charge in [-0.15, -0.1) is 0 Å². The lowest BCUT2D eigenvalue weighted by Gasteiger charge is -2.15. The van der Waals surface area contributed by atoms with E-state index in [0.717, 1.165) is 18.7 Å². The molecule has 0 saturated heterocycles. The van der Waals surface area contributed by atoms with Crippen molar-refractivity contribution >= 4 is 11.6 Å². The van der Waals surface area contributed by atoms with Crippen molar-refractivity contribution in [1.29, 1.82) is 0 Å². The average Bonchev–Trinajstić information content (AvgIpc) is 2.21. The van der Waals surface area contributed by atoms with E-state index in [2.05, 4.69) is 19.2 Å². The molecule has 84 valence electrons. The van der Waals surface area contributed by atoms with E-state index in [1.54, 1.807) is 7.11 Å². The highest BCUT2D eigenvalue weighted by molar-refractivity contribution is 6.32. The van der Waals surface area contributed by atoms with Crippen LogP contribution in [-0.2, 0) is 6.42 Å². The zero-order valence-electron chi connectivity index (χ0n) is 9.78. The Balaban J connectivity index is 3.18. The minimum Gasteiger partial charge on any atom is -0.495 e. The number of hydrogen-bond acceptors (Lipinski definition) is 2. The maximum absolute atomic E-state index is 6.14. The normalized spacial score (nSPS) is 10.5. The number of halogens is 1. The van der Waals surface area contributed by atoms with Gasteiger partial charge in [-0.1, -0.05) is 11.6 Å². The molecule has 0 aromatic heterocycles. The van der Waals surface area contributed by atoms with Crippen LogP contribution in [0.2, 0.25) is 5.02 Å². The van der Waals surface area contributed by atoms with Crippen LogP contribution < -0.4 is 10.1 Å². The Labute approximate surface area is 96.6 Å². The lowest BCUT2D eigenvalue weighted by molar-refractivity contribution is 0.409. The molecule has 0 saturated carbocycles. The lowest BCUT2D eigenvalue weighted by atomic mass is 9.99. The first-order valence-corrected chi connectivity index (χ1v) is 5.46. The number of hydrogen-bond donors (Lipinski definition) is 1. The summed E-state index contributed by atoms with van der Waals surface area (Å²) in [5, 5.41) is 3.84. The van der Waals surface area contributed by atoms with Crippen LogP contribution in [0, 0.1) is 13.8 Å². The summed E-state index contributed by atoms with van der Waals surface area (Å²) < 4.78 is 5.35. The third-order valence-corrected chi connectivity index (χ3v) is 2.99. The fourth-order valence-electron chi connectivity index (χ4n) is 1.69. The fraction of sp³-hybridized carbons (Fsp3) is 0.500. The van der Waals surface area contributed by atoms with E-state index in [4.69, 9.17) is 16.3 Å². The molecule has 0 aliphatic rings. The van der Waals surface area contributed by atoms with E-state index < -0.39 is 0 Å². The summed E-state index contributed by atoms with van der Waals surface area (Å²) in [4.78, 5) is 0. The quantitative estimate of drug-likeness (QED) is 0.854. The Morgan fingerprint density at radius 2 is 2.07 bits per heavy atom. The summed E-state index contributed by atoms with van der Waals surface area (Å²) in [5.74, 6) is 0.815. The minimum atomic E-state index is 0.701. The molecule has 2 nitrogen and oxygen atoms in total. The van der Waals surface area contributed by atoms with Crippen LogP contribution in [0.4, 0.5) is 0 Å². The summed E-state index contributed by atoms with van der Waals surface area (Å²) in [6, 6.07) is 1.96. The van der Waals surface area contributed by atoms with Gasteiger partial charge in [0.2, 0.25) is 0 Å². The molecular weight excluding hydrogens is 210 g/mol. The summed E-state index contributed by atoms with van der Waals surface area (Å²) in [6.07, 6.45) is 0.937. The van der Waals surface area contributed by atoms with Gasteiger partial charge in [0.15, 0.2) is 0 Å². The monoisotopic (exact) mass is 227 g/mol. The van der Waals surface area contributed by atoms with Gasteiger partial charge in [0.25, 0.3) is 0 Å². The zero-order valence-corrected chi connectivity index (χ0v) is 10.5. The molecule has 1 rings (SSSR count). The zero-order chi connectivity index (χ0) is 11.4. The Bertz CT molecular complexity index is 350. The van der Waals surface area contributed by atoms with Gasteiger partial charge in [0, 0.05) is 5.56 Å². The Kier molecular flexibility index (Phi) is 4.43. The van der Waals surface area contributed by atoms with Crippen LogP contribution in [0.5, 0.6) is 5.75 Å². The average molecular weight is 228 g/mol. The summed E-state index contributed by atoms with van der Waals surface area (Å²) in [7, 11) is 3.61. The van der Waals surface area contributed by atoms with Crippen molar-refractivity contribution in [3.05, 3.63) is 27.8 Å². The summed E-state index contributed by atoms with van der Waals surface area (Å²) >= 11 is 6.14. The molecule has 0 heterocycles. The van der Waals surface area contributed by atoms with Crippen LogP contribution in [0.15, 0.2) is 6.07 Å². The third-order valence-electron chi connectivity index (χ3n) is 2.71. The van der Waals surface area contributed by atoms with E-state index in [-0.39, 0.29) is 0 Å². The van der Waals surface area contributed by atoms with Gasteiger partial charge in [0.05, 0.1) is 12.1 Å². The van der Waals surface area contributed by atoms with Crippen LogP contribution >= 0.6 is 11.6 Å². The first-order valence-electron chi connectivity index (χ1n) is 5.09. The van der Waals surface area contributed by atoms with Gasteiger partial charge in [-0.2, -0.15) is 0 Å². The highest BCUT2D eigenvalue weighted by Crippen LogP contribution is 2.33. The molecule has 15 heavy (non-hydrogen) atoms. The second-order valence-electron chi connectivity index (χ2n) is 3.67. The standard InChI is InChI=1S/C12H18ClNO/c1-8-7-11(13)12(15-4)10(9(8)2)5-6-14-3/h7,14H,5-6H2,1-4H3. The maximum Gasteiger partial charge on any atom is 0.140 e. The van der Waals surface area contributed by atoms with Crippen molar-refractivity contribution in [2.75, 3.05) is 20.7 Å². The van der Waals surface area contributed by atoms with Crippen molar-refractivity contribution in [2.45, 2.75) is 20.3 Å². The van der Waals surface area contributed by atoms with Crippen molar-refractivity contribution in [3.8, 4) is 5.75 Å². The molecule has 0 atom stereocenters. The molecule has 1 aromatic carbocycles. The number of aryl methyl sites for hydroxylation is 1. The molecule has 3 heteroatoms. The molecule has 1 N–H and O–H groups in total. The molecule has 0 unspecified atom stereocenters. The van der Waals surface area contributed by atoms with E-state index >= 15 is 0 Å². The fourth-order valence-corrected chi connectivity index (χ4v) is 2.04. The van der Waals surface area contributed by atoms with Gasteiger partial charge < -0.3 is 10.1 Å². The van der Waals surface area contributed by atoms with E-state index in [1.165, 1.54) is 16.7 Å². The highest BCUT2D eigenvalue weighted by atomic mass is 35.5. The summed E-state index contributed by atoms with van der Waals surface area (Å²) in [5.41, 5.74) is 3.69. The molecular formula is C12H18ClNO. The van der Waals surface area contributed by atoms with Gasteiger partial charge in [0.1, 0.15) is 5.75 Å².